The molecule has 88 valence electrons. The summed E-state index contributed by atoms with van der Waals surface area (Å²) in [7, 11) is 0. The van der Waals surface area contributed by atoms with Crippen molar-refractivity contribution in [2.24, 2.45) is 0 Å². The Morgan fingerprint density at radius 3 is 2.89 bits per heavy atom. The number of aromatic nitrogens is 3. The van der Waals surface area contributed by atoms with E-state index in [4.69, 9.17) is 5.73 Å². The maximum absolute atomic E-state index is 13.8. The summed E-state index contributed by atoms with van der Waals surface area (Å²) in [6, 6.07) is 7.43. The molecule has 0 unspecified atom stereocenters. The predicted molar refractivity (Wildman–Crippen MR) is 67.1 cm³/mol. The summed E-state index contributed by atoms with van der Waals surface area (Å²) in [6.07, 6.45) is 4.45. The van der Waals surface area contributed by atoms with Crippen LogP contribution in [0.15, 0.2) is 42.9 Å². The van der Waals surface area contributed by atoms with E-state index in [0.29, 0.717) is 5.56 Å². The Morgan fingerprint density at radius 1 is 1.11 bits per heavy atom. The van der Waals surface area contributed by atoms with E-state index >= 15 is 0 Å². The first-order valence-corrected chi connectivity index (χ1v) is 5.37. The SMILES string of the molecule is Nc1ncc(F)c(-c2cccc3ccncc23)n1. The van der Waals surface area contributed by atoms with Crippen LogP contribution in [0.1, 0.15) is 0 Å². The van der Waals surface area contributed by atoms with Gasteiger partial charge in [0.05, 0.1) is 6.20 Å². The van der Waals surface area contributed by atoms with Gasteiger partial charge in [0.2, 0.25) is 5.95 Å². The Hall–Kier alpha value is -2.56. The average Bonchev–Trinajstić information content (AvgIpc) is 2.41. The highest BCUT2D eigenvalue weighted by atomic mass is 19.1. The van der Waals surface area contributed by atoms with Crippen molar-refractivity contribution in [1.82, 2.24) is 15.0 Å². The van der Waals surface area contributed by atoms with E-state index in [-0.39, 0.29) is 11.6 Å². The molecule has 0 bridgehead atoms. The summed E-state index contributed by atoms with van der Waals surface area (Å²) in [5, 5.41) is 1.80. The molecule has 5 heteroatoms. The molecule has 0 saturated carbocycles. The summed E-state index contributed by atoms with van der Waals surface area (Å²) < 4.78 is 13.8. The second kappa shape index (κ2) is 4.03. The number of fused-ring (bicyclic) bond motifs is 1. The zero-order valence-electron chi connectivity index (χ0n) is 9.34. The van der Waals surface area contributed by atoms with E-state index in [2.05, 4.69) is 15.0 Å². The first-order chi connectivity index (χ1) is 8.75. The van der Waals surface area contributed by atoms with Gasteiger partial charge in [-0.25, -0.2) is 14.4 Å². The number of nitrogen functional groups attached to an aromatic ring is 1. The van der Waals surface area contributed by atoms with Gasteiger partial charge in [-0.05, 0) is 11.5 Å². The normalized spacial score (nSPS) is 10.7. The lowest BCUT2D eigenvalue weighted by Crippen LogP contribution is -1.99. The third-order valence-corrected chi connectivity index (χ3v) is 2.70. The van der Waals surface area contributed by atoms with Crippen LogP contribution in [0.2, 0.25) is 0 Å². The maximum atomic E-state index is 13.8. The highest BCUT2D eigenvalue weighted by molar-refractivity contribution is 5.95. The minimum absolute atomic E-state index is 0.0484. The average molecular weight is 240 g/mol. The van der Waals surface area contributed by atoms with Crippen LogP contribution in [-0.2, 0) is 0 Å². The molecule has 0 radical (unpaired) electrons. The molecule has 0 fully saturated rings. The molecule has 4 nitrogen and oxygen atoms in total. The molecule has 0 saturated heterocycles. The summed E-state index contributed by atoms with van der Waals surface area (Å²) in [4.78, 5) is 11.6. The van der Waals surface area contributed by atoms with Crippen molar-refractivity contribution >= 4 is 16.7 Å². The first-order valence-electron chi connectivity index (χ1n) is 5.37. The van der Waals surface area contributed by atoms with Gasteiger partial charge in [0.1, 0.15) is 5.69 Å². The monoisotopic (exact) mass is 240 g/mol. The molecule has 0 aliphatic carbocycles. The van der Waals surface area contributed by atoms with Gasteiger partial charge >= 0.3 is 0 Å². The molecule has 1 aromatic carbocycles. The van der Waals surface area contributed by atoms with Crippen molar-refractivity contribution in [3.63, 3.8) is 0 Å². The van der Waals surface area contributed by atoms with Gasteiger partial charge in [0, 0.05) is 23.3 Å². The standard InChI is InChI=1S/C13H9FN4/c14-11-7-17-13(15)18-12(11)9-3-1-2-8-4-5-16-6-10(8)9/h1-7H,(H2,15,17,18). The molecule has 0 spiro atoms. The van der Waals surface area contributed by atoms with Gasteiger partial charge in [0.15, 0.2) is 5.82 Å². The van der Waals surface area contributed by atoms with E-state index < -0.39 is 5.82 Å². The number of pyridine rings is 1. The van der Waals surface area contributed by atoms with E-state index in [1.165, 1.54) is 0 Å². The fourth-order valence-electron chi connectivity index (χ4n) is 1.89. The molecule has 0 amide bonds. The third kappa shape index (κ3) is 1.66. The topological polar surface area (TPSA) is 64.7 Å². The number of rotatable bonds is 1. The summed E-state index contributed by atoms with van der Waals surface area (Å²) >= 11 is 0. The lowest BCUT2D eigenvalue weighted by molar-refractivity contribution is 0.619. The molecular formula is C13H9FN4. The van der Waals surface area contributed by atoms with Crippen molar-refractivity contribution in [1.29, 1.82) is 0 Å². The van der Waals surface area contributed by atoms with Crippen LogP contribution in [0.5, 0.6) is 0 Å². The minimum Gasteiger partial charge on any atom is -0.368 e. The van der Waals surface area contributed by atoms with Crippen LogP contribution in [0, 0.1) is 5.82 Å². The molecule has 2 heterocycles. The van der Waals surface area contributed by atoms with Gasteiger partial charge in [-0.15, -0.1) is 0 Å². The van der Waals surface area contributed by atoms with Crippen molar-refractivity contribution in [3.05, 3.63) is 48.7 Å². The molecular weight excluding hydrogens is 231 g/mol. The minimum atomic E-state index is -0.499. The largest absolute Gasteiger partial charge is 0.368 e. The van der Waals surface area contributed by atoms with Crippen LogP contribution in [0.25, 0.3) is 22.0 Å². The first kappa shape index (κ1) is 10.6. The van der Waals surface area contributed by atoms with Crippen LogP contribution >= 0.6 is 0 Å². The number of nitrogens with zero attached hydrogens (tertiary/aromatic N) is 3. The van der Waals surface area contributed by atoms with Crippen LogP contribution < -0.4 is 5.73 Å². The lowest BCUT2D eigenvalue weighted by atomic mass is 10.0. The van der Waals surface area contributed by atoms with Crippen LogP contribution in [-0.4, -0.2) is 15.0 Å². The van der Waals surface area contributed by atoms with Crippen molar-refractivity contribution < 1.29 is 4.39 Å². The summed E-state index contributed by atoms with van der Waals surface area (Å²) in [5.74, 6) is -0.451. The molecule has 0 atom stereocenters. The van der Waals surface area contributed by atoms with Crippen molar-refractivity contribution in [3.8, 4) is 11.3 Å². The molecule has 0 aliphatic heterocycles. The van der Waals surface area contributed by atoms with Crippen LogP contribution in [0.3, 0.4) is 0 Å². The Morgan fingerprint density at radius 2 is 2.00 bits per heavy atom. The fraction of sp³-hybridized carbons (Fsp3) is 0. The Balaban J connectivity index is 2.35. The number of hydrogen-bond donors (Lipinski definition) is 1. The second-order valence-electron chi connectivity index (χ2n) is 3.83. The lowest BCUT2D eigenvalue weighted by Gasteiger charge is -2.06. The Labute approximate surface area is 102 Å². The number of benzene rings is 1. The van der Waals surface area contributed by atoms with Crippen molar-refractivity contribution in [2.75, 3.05) is 5.73 Å². The third-order valence-electron chi connectivity index (χ3n) is 2.70. The van der Waals surface area contributed by atoms with E-state index in [9.17, 15) is 4.39 Å². The van der Waals surface area contributed by atoms with E-state index in [1.807, 2.05) is 18.2 Å². The fourth-order valence-corrected chi connectivity index (χ4v) is 1.89. The van der Waals surface area contributed by atoms with Gasteiger partial charge in [0.25, 0.3) is 0 Å². The van der Waals surface area contributed by atoms with E-state index in [0.717, 1.165) is 17.0 Å². The van der Waals surface area contributed by atoms with Gasteiger partial charge in [-0.1, -0.05) is 18.2 Å². The molecule has 18 heavy (non-hydrogen) atoms. The number of nitrogens with two attached hydrogens (primary N) is 1. The Kier molecular flexibility index (Phi) is 2.37. The number of halogens is 1. The Bertz CT molecular complexity index is 722. The number of hydrogen-bond acceptors (Lipinski definition) is 4. The zero-order valence-corrected chi connectivity index (χ0v) is 9.34. The van der Waals surface area contributed by atoms with Crippen LogP contribution in [0.4, 0.5) is 10.3 Å². The quantitative estimate of drug-likeness (QED) is 0.709. The highest BCUT2D eigenvalue weighted by Gasteiger charge is 2.11. The van der Waals surface area contributed by atoms with Gasteiger partial charge in [-0.3, -0.25) is 4.98 Å². The number of anilines is 1. The molecule has 0 aliphatic rings. The highest BCUT2D eigenvalue weighted by Crippen LogP contribution is 2.28. The molecule has 3 aromatic rings. The summed E-state index contributed by atoms with van der Waals surface area (Å²) in [5.41, 5.74) is 6.36. The maximum Gasteiger partial charge on any atom is 0.220 e. The molecule has 2 aromatic heterocycles. The predicted octanol–water partition coefficient (Wildman–Crippen LogP) is 2.41. The van der Waals surface area contributed by atoms with E-state index in [1.54, 1.807) is 18.5 Å². The van der Waals surface area contributed by atoms with Crippen molar-refractivity contribution in [2.45, 2.75) is 0 Å². The zero-order chi connectivity index (χ0) is 12.5. The van der Waals surface area contributed by atoms with Gasteiger partial charge < -0.3 is 5.73 Å². The smallest absolute Gasteiger partial charge is 0.220 e. The molecule has 2 N–H and O–H groups in total. The van der Waals surface area contributed by atoms with Gasteiger partial charge in [-0.2, -0.15) is 0 Å². The molecule has 3 rings (SSSR count). The second-order valence-corrected chi connectivity index (χ2v) is 3.83. The summed E-state index contributed by atoms with van der Waals surface area (Å²) in [6.45, 7) is 0.